The van der Waals surface area contributed by atoms with E-state index in [2.05, 4.69) is 114 Å². The van der Waals surface area contributed by atoms with E-state index in [1.54, 1.807) is 0 Å². The highest BCUT2D eigenvalue weighted by Gasteiger charge is 2.30. The zero-order valence-corrected chi connectivity index (χ0v) is 20.9. The molecule has 32 heavy (non-hydrogen) atoms. The lowest BCUT2D eigenvalue weighted by molar-refractivity contribution is 0.318. The van der Waals surface area contributed by atoms with Gasteiger partial charge in [0.05, 0.1) is 5.69 Å². The Balaban J connectivity index is 0.00000176. The summed E-state index contributed by atoms with van der Waals surface area (Å²) in [6.07, 6.45) is 19.3. The van der Waals surface area contributed by atoms with Crippen molar-refractivity contribution in [3.63, 3.8) is 0 Å². The van der Waals surface area contributed by atoms with E-state index in [0.29, 0.717) is 5.92 Å². The molecule has 1 atom stereocenters. The van der Waals surface area contributed by atoms with Crippen LogP contribution in [0, 0.1) is 17.3 Å². The Kier molecular flexibility index (Phi) is 9.20. The van der Waals surface area contributed by atoms with Gasteiger partial charge in [-0.15, -0.1) is 0 Å². The van der Waals surface area contributed by atoms with Crippen molar-refractivity contribution >= 4 is 16.3 Å². The maximum atomic E-state index is 4.85. The summed E-state index contributed by atoms with van der Waals surface area (Å²) in [5.41, 5.74) is 4.83. The van der Waals surface area contributed by atoms with E-state index in [1.807, 2.05) is 26.1 Å². The zero-order valence-electron chi connectivity index (χ0n) is 20.9. The van der Waals surface area contributed by atoms with Crippen molar-refractivity contribution < 1.29 is 0 Å². The van der Waals surface area contributed by atoms with Gasteiger partial charge in [-0.05, 0) is 40.9 Å². The van der Waals surface area contributed by atoms with Crippen LogP contribution < -0.4 is 0 Å². The molecule has 0 spiro atoms. The molecule has 0 radical (unpaired) electrons. The van der Waals surface area contributed by atoms with Crippen molar-refractivity contribution in [2.75, 3.05) is 0 Å². The first-order valence-corrected chi connectivity index (χ1v) is 11.8. The second-order valence-corrected chi connectivity index (χ2v) is 8.73. The van der Waals surface area contributed by atoms with Crippen molar-refractivity contribution in [2.45, 2.75) is 48.5 Å². The Morgan fingerprint density at radius 2 is 1.75 bits per heavy atom. The molecule has 2 aromatic rings. The summed E-state index contributed by atoms with van der Waals surface area (Å²) in [5, 5.41) is 2.41. The average Bonchev–Trinajstić information content (AvgIpc) is 3.03. The van der Waals surface area contributed by atoms with Gasteiger partial charge in [0.25, 0.3) is 0 Å². The third kappa shape index (κ3) is 5.46. The molecule has 0 saturated carbocycles. The molecule has 1 heteroatoms. The van der Waals surface area contributed by atoms with Gasteiger partial charge in [-0.1, -0.05) is 121 Å². The third-order valence-corrected chi connectivity index (χ3v) is 6.35. The minimum absolute atomic E-state index is 0.00655. The number of benzene rings is 1. The Morgan fingerprint density at radius 3 is 2.41 bits per heavy atom. The summed E-state index contributed by atoms with van der Waals surface area (Å²) in [5.74, 6) is 0.690. The molecule has 168 valence electrons. The fourth-order valence-electron chi connectivity index (χ4n) is 3.89. The number of pyridine rings is 1. The predicted octanol–water partition coefficient (Wildman–Crippen LogP) is 9.13. The molecule has 1 aromatic heterocycles. The number of fused-ring (bicyclic) bond motifs is 1. The molecule has 3 rings (SSSR count). The summed E-state index contributed by atoms with van der Waals surface area (Å²) in [4.78, 5) is 4.85. The van der Waals surface area contributed by atoms with Crippen molar-refractivity contribution in [3.8, 4) is 0 Å². The van der Waals surface area contributed by atoms with Crippen LogP contribution >= 0.6 is 0 Å². The number of hydrogen-bond acceptors (Lipinski definition) is 1. The van der Waals surface area contributed by atoms with E-state index in [9.17, 15) is 0 Å². The predicted molar refractivity (Wildman–Crippen MR) is 143 cm³/mol. The Morgan fingerprint density at radius 1 is 1.06 bits per heavy atom. The van der Waals surface area contributed by atoms with Crippen LogP contribution in [0.5, 0.6) is 0 Å². The zero-order chi connectivity index (χ0) is 23.7. The summed E-state index contributed by atoms with van der Waals surface area (Å²) in [6.45, 7) is 19.2. The van der Waals surface area contributed by atoms with Crippen LogP contribution in [0.2, 0.25) is 0 Å². The molecule has 0 N–H and O–H groups in total. The SMILES string of the molecule is C=C/C=C(\C=C/C)C1C=CC(c2nccc3ccccc23)=C(C(C)(C)C(C)C)C=C1.CC. The number of nitrogens with zero attached hydrogens (tertiary/aromatic N) is 1. The van der Waals surface area contributed by atoms with Crippen molar-refractivity contribution in [3.05, 3.63) is 109 Å². The Hall–Kier alpha value is -2.93. The van der Waals surface area contributed by atoms with Crippen LogP contribution in [0.15, 0.2) is 103 Å². The largest absolute Gasteiger partial charge is 0.256 e. The summed E-state index contributed by atoms with van der Waals surface area (Å²) >= 11 is 0. The van der Waals surface area contributed by atoms with Crippen molar-refractivity contribution in [2.24, 2.45) is 17.3 Å². The molecule has 0 saturated heterocycles. The minimum Gasteiger partial charge on any atom is -0.256 e. The molecule has 1 nitrogen and oxygen atoms in total. The monoisotopic (exact) mass is 425 g/mol. The average molecular weight is 426 g/mol. The maximum absolute atomic E-state index is 4.85. The van der Waals surface area contributed by atoms with Gasteiger partial charge in [0.2, 0.25) is 0 Å². The summed E-state index contributed by atoms with van der Waals surface area (Å²) in [7, 11) is 0. The van der Waals surface area contributed by atoms with Gasteiger partial charge < -0.3 is 0 Å². The molecule has 1 aromatic carbocycles. The Bertz CT molecular complexity index is 1070. The molecule has 0 fully saturated rings. The van der Waals surface area contributed by atoms with Crippen LogP contribution in [0.25, 0.3) is 16.3 Å². The molecule has 0 aliphatic heterocycles. The number of hydrogen-bond donors (Lipinski definition) is 0. The molecule has 1 heterocycles. The van der Waals surface area contributed by atoms with Crippen molar-refractivity contribution in [1.29, 1.82) is 0 Å². The number of aromatic nitrogens is 1. The van der Waals surface area contributed by atoms with Gasteiger partial charge in [-0.25, -0.2) is 0 Å². The number of allylic oxidation sites excluding steroid dienone is 11. The maximum Gasteiger partial charge on any atom is 0.0783 e. The second-order valence-electron chi connectivity index (χ2n) is 8.73. The topological polar surface area (TPSA) is 12.9 Å². The normalized spacial score (nSPS) is 17.0. The van der Waals surface area contributed by atoms with Crippen LogP contribution in [-0.4, -0.2) is 4.98 Å². The molecule has 1 unspecified atom stereocenters. The van der Waals surface area contributed by atoms with Crippen LogP contribution in [0.3, 0.4) is 0 Å². The fourth-order valence-corrected chi connectivity index (χ4v) is 3.89. The van der Waals surface area contributed by atoms with Crippen molar-refractivity contribution in [1.82, 2.24) is 4.98 Å². The quantitative estimate of drug-likeness (QED) is 0.420. The smallest absolute Gasteiger partial charge is 0.0783 e. The lowest BCUT2D eigenvalue weighted by atomic mass is 9.72. The van der Waals surface area contributed by atoms with E-state index in [-0.39, 0.29) is 11.3 Å². The van der Waals surface area contributed by atoms with E-state index >= 15 is 0 Å². The first-order chi connectivity index (χ1) is 15.4. The Labute approximate surface area is 195 Å². The third-order valence-electron chi connectivity index (χ3n) is 6.35. The van der Waals surface area contributed by atoms with Gasteiger partial charge >= 0.3 is 0 Å². The lowest BCUT2D eigenvalue weighted by Gasteiger charge is -2.32. The summed E-state index contributed by atoms with van der Waals surface area (Å²) in [6, 6.07) is 10.6. The van der Waals surface area contributed by atoms with Gasteiger partial charge in [0, 0.05) is 23.1 Å². The highest BCUT2D eigenvalue weighted by atomic mass is 14.7. The van der Waals surface area contributed by atoms with E-state index < -0.39 is 0 Å². The highest BCUT2D eigenvalue weighted by Crippen LogP contribution is 2.43. The van der Waals surface area contributed by atoms with Crippen LogP contribution in [-0.2, 0) is 0 Å². The second kappa shape index (κ2) is 11.6. The van der Waals surface area contributed by atoms with Crippen LogP contribution in [0.1, 0.15) is 54.2 Å². The molecule has 1 aliphatic rings. The molecular formula is C31H39N. The molecule has 0 bridgehead atoms. The first-order valence-electron chi connectivity index (χ1n) is 11.8. The van der Waals surface area contributed by atoms with Gasteiger partial charge in [0.15, 0.2) is 0 Å². The first kappa shape index (κ1) is 25.3. The highest BCUT2D eigenvalue weighted by molar-refractivity contribution is 5.95. The fraction of sp³-hybridized carbons (Fsp3) is 0.323. The lowest BCUT2D eigenvalue weighted by Crippen LogP contribution is -2.22. The van der Waals surface area contributed by atoms with E-state index in [1.165, 1.54) is 27.5 Å². The minimum atomic E-state index is 0.00655. The molecular weight excluding hydrogens is 386 g/mol. The van der Waals surface area contributed by atoms with Crippen LogP contribution in [0.4, 0.5) is 0 Å². The van der Waals surface area contributed by atoms with Gasteiger partial charge in [-0.3, -0.25) is 4.98 Å². The van der Waals surface area contributed by atoms with E-state index in [4.69, 9.17) is 4.98 Å². The number of rotatable bonds is 6. The van der Waals surface area contributed by atoms with E-state index in [0.717, 1.165) is 5.69 Å². The summed E-state index contributed by atoms with van der Waals surface area (Å²) < 4.78 is 0. The van der Waals surface area contributed by atoms with Gasteiger partial charge in [-0.2, -0.15) is 0 Å². The molecule has 0 amide bonds. The van der Waals surface area contributed by atoms with Gasteiger partial charge in [0.1, 0.15) is 0 Å². The molecule has 1 aliphatic carbocycles. The standard InChI is InChI=1S/C29H33N.C2H6/c1-7-11-22(12-8-2)23-15-17-26(27(18-16-23)29(5,6)21(3)4)28-25-14-10-9-13-24(25)19-20-30-28;1-2/h7-21,23H,1H2,2-6H3;1-2H3/b12-8-,22-11+;.